The zero-order valence-corrected chi connectivity index (χ0v) is 15.9. The van der Waals surface area contributed by atoms with E-state index in [0.29, 0.717) is 12.8 Å². The molecule has 2 fully saturated rings. The van der Waals surface area contributed by atoms with Gasteiger partial charge in [0.1, 0.15) is 12.7 Å². The Kier molecular flexibility index (Phi) is 5.30. The first-order valence-corrected chi connectivity index (χ1v) is 9.80. The van der Waals surface area contributed by atoms with Crippen LogP contribution in [0.25, 0.3) is 0 Å². The average molecular weight is 392 g/mol. The molecule has 0 spiro atoms. The Bertz CT molecular complexity index is 956. The highest BCUT2D eigenvalue weighted by atomic mass is 19.1. The highest BCUT2D eigenvalue weighted by Gasteiger charge is 2.46. The van der Waals surface area contributed by atoms with E-state index in [0.717, 1.165) is 18.4 Å². The van der Waals surface area contributed by atoms with Crippen molar-refractivity contribution in [1.29, 1.82) is 5.26 Å². The lowest BCUT2D eigenvalue weighted by Crippen LogP contribution is -2.48. The molecule has 6 heteroatoms. The number of carbonyl (C=O) groups is 2. The van der Waals surface area contributed by atoms with Crippen LogP contribution in [-0.2, 0) is 11.3 Å². The minimum atomic E-state index is -0.753. The van der Waals surface area contributed by atoms with Crippen LogP contribution < -0.4 is 0 Å². The van der Waals surface area contributed by atoms with Crippen LogP contribution in [-0.4, -0.2) is 28.9 Å². The zero-order chi connectivity index (χ0) is 20.4. The number of nitrogens with zero attached hydrogens (tertiary/aromatic N) is 2. The molecule has 0 radical (unpaired) electrons. The summed E-state index contributed by atoms with van der Waals surface area (Å²) in [6.07, 6.45) is 2.26. The van der Waals surface area contributed by atoms with Crippen molar-refractivity contribution in [1.82, 2.24) is 4.90 Å². The van der Waals surface area contributed by atoms with Crippen LogP contribution in [0.5, 0.6) is 0 Å². The number of piperidine rings is 1. The fourth-order valence-electron chi connectivity index (χ4n) is 4.51. The lowest BCUT2D eigenvalue weighted by molar-refractivity contribution is 0.0483. The van der Waals surface area contributed by atoms with Gasteiger partial charge in [-0.25, -0.2) is 9.18 Å². The summed E-state index contributed by atoms with van der Waals surface area (Å²) in [7, 11) is 0. The maximum atomic E-state index is 14.4. The minimum absolute atomic E-state index is 0.0337. The van der Waals surface area contributed by atoms with Crippen molar-refractivity contribution >= 4 is 11.9 Å². The summed E-state index contributed by atoms with van der Waals surface area (Å²) in [5.74, 6) is -1.39. The summed E-state index contributed by atoms with van der Waals surface area (Å²) in [5.41, 5.74) is 0.764. The molecular weight excluding hydrogens is 371 g/mol. The second-order valence-corrected chi connectivity index (χ2v) is 7.64. The molecule has 2 bridgehead atoms. The van der Waals surface area contributed by atoms with Gasteiger partial charge in [-0.15, -0.1) is 0 Å². The second-order valence-electron chi connectivity index (χ2n) is 7.64. The molecule has 2 saturated heterocycles. The van der Waals surface area contributed by atoms with Crippen LogP contribution in [0.2, 0.25) is 0 Å². The number of benzene rings is 2. The maximum Gasteiger partial charge on any atom is 0.410 e. The number of carbonyl (C=O) groups excluding carboxylic acids is 2. The second kappa shape index (κ2) is 8.04. The molecule has 0 aliphatic carbocycles. The number of Topliss-reactive ketones (excluding diaryl/α,β-unsaturated/α-hetero) is 1. The number of nitriles is 1. The van der Waals surface area contributed by atoms with E-state index >= 15 is 0 Å². The summed E-state index contributed by atoms with van der Waals surface area (Å²) in [5, 5.41) is 9.00. The van der Waals surface area contributed by atoms with Crippen molar-refractivity contribution in [3.05, 3.63) is 71.0 Å². The topological polar surface area (TPSA) is 70.4 Å². The quantitative estimate of drug-likeness (QED) is 0.721. The van der Waals surface area contributed by atoms with Gasteiger partial charge in [0.25, 0.3) is 0 Å². The first-order chi connectivity index (χ1) is 14.1. The first kappa shape index (κ1) is 19.1. The maximum absolute atomic E-state index is 14.4. The smallest absolute Gasteiger partial charge is 0.410 e. The first-order valence-electron chi connectivity index (χ1n) is 9.80. The molecule has 1 amide bonds. The summed E-state index contributed by atoms with van der Waals surface area (Å²) >= 11 is 0. The van der Waals surface area contributed by atoms with E-state index in [-0.39, 0.29) is 47.6 Å². The molecule has 4 rings (SSSR count). The molecule has 148 valence electrons. The third-order valence-electron chi connectivity index (χ3n) is 5.90. The normalized spacial score (nSPS) is 22.8. The zero-order valence-electron chi connectivity index (χ0n) is 15.9. The molecule has 0 saturated carbocycles. The van der Waals surface area contributed by atoms with Gasteiger partial charge in [0, 0.05) is 18.0 Å². The van der Waals surface area contributed by atoms with Crippen LogP contribution in [0.3, 0.4) is 0 Å². The molecule has 29 heavy (non-hydrogen) atoms. The predicted octanol–water partition coefficient (Wildman–Crippen LogP) is 4.46. The van der Waals surface area contributed by atoms with E-state index in [4.69, 9.17) is 10.00 Å². The number of hydrogen-bond acceptors (Lipinski definition) is 4. The van der Waals surface area contributed by atoms with Gasteiger partial charge in [0.2, 0.25) is 0 Å². The van der Waals surface area contributed by atoms with Crippen molar-refractivity contribution < 1.29 is 18.7 Å². The van der Waals surface area contributed by atoms with E-state index in [9.17, 15) is 14.0 Å². The molecule has 0 aromatic heterocycles. The molecule has 2 aromatic rings. The molecule has 2 atom stereocenters. The van der Waals surface area contributed by atoms with Crippen molar-refractivity contribution in [2.24, 2.45) is 5.92 Å². The standard InChI is InChI=1S/C23H21FN2O3/c24-21-16(13-25)7-4-8-20(21)22(27)17-11-18-9-10-19(12-17)26(18)23(28)29-14-15-5-2-1-3-6-15/h1-8,17-19H,9-12,14H2. The van der Waals surface area contributed by atoms with Gasteiger partial charge in [-0.05, 0) is 43.4 Å². The minimum Gasteiger partial charge on any atom is -0.445 e. The number of ether oxygens (including phenoxy) is 1. The van der Waals surface area contributed by atoms with Gasteiger partial charge < -0.3 is 9.64 Å². The predicted molar refractivity (Wildman–Crippen MR) is 103 cm³/mol. The van der Waals surface area contributed by atoms with Gasteiger partial charge in [-0.2, -0.15) is 5.26 Å². The van der Waals surface area contributed by atoms with Crippen molar-refractivity contribution in [3.63, 3.8) is 0 Å². The average Bonchev–Trinajstić information content (AvgIpc) is 3.02. The highest BCUT2D eigenvalue weighted by Crippen LogP contribution is 2.40. The van der Waals surface area contributed by atoms with Gasteiger partial charge in [0.15, 0.2) is 11.6 Å². The van der Waals surface area contributed by atoms with Gasteiger partial charge in [-0.3, -0.25) is 4.79 Å². The lowest BCUT2D eigenvalue weighted by atomic mass is 9.84. The summed E-state index contributed by atoms with van der Waals surface area (Å²) < 4.78 is 19.9. The van der Waals surface area contributed by atoms with Gasteiger partial charge >= 0.3 is 6.09 Å². The lowest BCUT2D eigenvalue weighted by Gasteiger charge is -2.37. The molecule has 2 unspecified atom stereocenters. The van der Waals surface area contributed by atoms with E-state index in [1.807, 2.05) is 30.3 Å². The number of amides is 1. The largest absolute Gasteiger partial charge is 0.445 e. The Balaban J connectivity index is 1.43. The van der Waals surface area contributed by atoms with Gasteiger partial charge in [0.05, 0.1) is 11.1 Å². The third kappa shape index (κ3) is 3.73. The van der Waals surface area contributed by atoms with Crippen LogP contribution in [0.1, 0.15) is 47.2 Å². The van der Waals surface area contributed by atoms with E-state index in [1.165, 1.54) is 18.2 Å². The number of halogens is 1. The van der Waals surface area contributed by atoms with Gasteiger partial charge in [-0.1, -0.05) is 36.4 Å². The molecule has 0 N–H and O–H groups in total. The van der Waals surface area contributed by atoms with Crippen molar-refractivity contribution in [2.45, 2.75) is 44.4 Å². The van der Waals surface area contributed by atoms with Crippen LogP contribution >= 0.6 is 0 Å². The summed E-state index contributed by atoms with van der Waals surface area (Å²) in [6, 6.07) is 15.4. The molecule has 2 aromatic carbocycles. The van der Waals surface area contributed by atoms with Crippen LogP contribution in [0, 0.1) is 23.1 Å². The molecular formula is C23H21FN2O3. The van der Waals surface area contributed by atoms with Crippen molar-refractivity contribution in [3.8, 4) is 6.07 Å². The Morgan fingerprint density at radius 2 is 1.76 bits per heavy atom. The Labute approximate surface area is 168 Å². The van der Waals surface area contributed by atoms with Crippen LogP contribution in [0.4, 0.5) is 9.18 Å². The fraction of sp³-hybridized carbons (Fsp3) is 0.348. The fourth-order valence-corrected chi connectivity index (χ4v) is 4.51. The monoisotopic (exact) mass is 392 g/mol. The van der Waals surface area contributed by atoms with E-state index < -0.39 is 5.82 Å². The highest BCUT2D eigenvalue weighted by molar-refractivity contribution is 5.98. The molecule has 2 aliphatic heterocycles. The number of hydrogen-bond donors (Lipinski definition) is 0. The molecule has 5 nitrogen and oxygen atoms in total. The summed E-state index contributed by atoms with van der Waals surface area (Å²) in [4.78, 5) is 27.3. The molecule has 2 heterocycles. The SMILES string of the molecule is N#Cc1cccc(C(=O)C2CC3CCC(C2)N3C(=O)OCc2ccccc2)c1F. The van der Waals surface area contributed by atoms with Crippen molar-refractivity contribution in [2.75, 3.05) is 0 Å². The Hall–Kier alpha value is -3.20. The number of ketones is 1. The summed E-state index contributed by atoms with van der Waals surface area (Å²) in [6.45, 7) is 0.212. The Morgan fingerprint density at radius 1 is 1.07 bits per heavy atom. The van der Waals surface area contributed by atoms with Crippen LogP contribution in [0.15, 0.2) is 48.5 Å². The van der Waals surface area contributed by atoms with E-state index in [1.54, 1.807) is 11.0 Å². The van der Waals surface area contributed by atoms with E-state index in [2.05, 4.69) is 0 Å². The number of fused-ring (bicyclic) bond motifs is 2. The third-order valence-corrected chi connectivity index (χ3v) is 5.90. The molecule has 2 aliphatic rings. The Morgan fingerprint density at radius 3 is 2.41 bits per heavy atom. The number of rotatable bonds is 4.